The Bertz CT molecular complexity index is 1190. The number of halogens is 3. The van der Waals surface area contributed by atoms with Crippen molar-refractivity contribution in [3.63, 3.8) is 0 Å². The van der Waals surface area contributed by atoms with Gasteiger partial charge in [-0.25, -0.2) is 4.39 Å². The van der Waals surface area contributed by atoms with Crippen LogP contribution in [0.5, 0.6) is 11.5 Å². The molecule has 1 saturated heterocycles. The highest BCUT2D eigenvalue weighted by Crippen LogP contribution is 2.41. The van der Waals surface area contributed by atoms with Gasteiger partial charge in [0.2, 0.25) is 0 Å². The zero-order valence-electron chi connectivity index (χ0n) is 18.6. The summed E-state index contributed by atoms with van der Waals surface area (Å²) in [6.45, 7) is 3.35. The molecule has 2 aromatic rings. The largest absolute Gasteiger partial charge is 0.485 e. The highest BCUT2D eigenvalue weighted by atomic mass is 32.2. The number of hydrogen-bond acceptors (Lipinski definition) is 5. The fourth-order valence-corrected chi connectivity index (χ4v) is 4.43. The molecule has 0 saturated carbocycles. The molecule has 2 aliphatic rings. The van der Waals surface area contributed by atoms with E-state index in [-0.39, 0.29) is 35.0 Å². The molecule has 0 radical (unpaired) electrons. The Morgan fingerprint density at radius 3 is 2.58 bits per heavy atom. The second-order valence-electron chi connectivity index (χ2n) is 8.33. The maximum Gasteiger partial charge on any atom is 0.306 e. The maximum absolute atomic E-state index is 15.1. The average molecular weight is 477 g/mol. The van der Waals surface area contributed by atoms with Crippen LogP contribution in [-0.2, 0) is 23.0 Å². The van der Waals surface area contributed by atoms with E-state index in [4.69, 9.17) is 9.47 Å². The third-order valence-corrected chi connectivity index (χ3v) is 6.70. The zero-order valence-corrected chi connectivity index (χ0v) is 19.4. The minimum Gasteiger partial charge on any atom is -0.485 e. The first-order valence-corrected chi connectivity index (χ1v) is 11.1. The summed E-state index contributed by atoms with van der Waals surface area (Å²) < 4.78 is 56.0. The van der Waals surface area contributed by atoms with Gasteiger partial charge in [0.05, 0.1) is 4.91 Å². The molecule has 9 heteroatoms. The number of hydrogen-bond donors (Lipinski definition) is 1. The standard InChI is InChI=1S/C24H23F3N2O3S/c1-13(20-21(30)29-22(28-4)33-20)14-6-8-18-19(9-14)32-12-24(26,27)17-10-16(23(2,3)25)7-5-15(17)11-31-18/h5-10H,11-12H2,1-4H3,(H,28,29,30)/b20-13+. The van der Waals surface area contributed by atoms with Gasteiger partial charge in [0.15, 0.2) is 23.3 Å². The van der Waals surface area contributed by atoms with Gasteiger partial charge >= 0.3 is 5.92 Å². The van der Waals surface area contributed by atoms with Crippen LogP contribution in [0.15, 0.2) is 46.3 Å². The number of carbonyl (C=O) groups is 1. The summed E-state index contributed by atoms with van der Waals surface area (Å²) in [5.41, 5.74) is -0.369. The number of amidine groups is 1. The van der Waals surface area contributed by atoms with Gasteiger partial charge in [0.1, 0.15) is 12.3 Å². The van der Waals surface area contributed by atoms with Crippen LogP contribution in [0.25, 0.3) is 5.57 Å². The number of nitrogens with zero attached hydrogens (tertiary/aromatic N) is 1. The molecule has 0 aromatic heterocycles. The Morgan fingerprint density at radius 2 is 1.91 bits per heavy atom. The van der Waals surface area contributed by atoms with Crippen LogP contribution in [-0.4, -0.2) is 24.7 Å². The van der Waals surface area contributed by atoms with E-state index < -0.39 is 18.2 Å². The first kappa shape index (κ1) is 23.2. The fourth-order valence-electron chi connectivity index (χ4n) is 3.59. The van der Waals surface area contributed by atoms with Crippen molar-refractivity contribution in [3.8, 4) is 11.5 Å². The Balaban J connectivity index is 1.69. The summed E-state index contributed by atoms with van der Waals surface area (Å²) in [6.07, 6.45) is 0. The lowest BCUT2D eigenvalue weighted by Gasteiger charge is -2.22. The number of benzene rings is 2. The lowest BCUT2D eigenvalue weighted by Crippen LogP contribution is -2.25. The van der Waals surface area contributed by atoms with Gasteiger partial charge in [-0.3, -0.25) is 9.79 Å². The first-order chi connectivity index (χ1) is 15.5. The van der Waals surface area contributed by atoms with Crippen LogP contribution in [0.4, 0.5) is 13.2 Å². The van der Waals surface area contributed by atoms with Crippen LogP contribution in [0.2, 0.25) is 0 Å². The molecule has 2 aliphatic heterocycles. The van der Waals surface area contributed by atoms with E-state index in [1.807, 2.05) is 0 Å². The molecular weight excluding hydrogens is 453 g/mol. The van der Waals surface area contributed by atoms with Crippen LogP contribution >= 0.6 is 11.8 Å². The number of ether oxygens (including phenoxy) is 2. The van der Waals surface area contributed by atoms with Crippen molar-refractivity contribution in [3.05, 3.63) is 63.6 Å². The van der Waals surface area contributed by atoms with E-state index in [1.54, 1.807) is 32.2 Å². The van der Waals surface area contributed by atoms with Gasteiger partial charge in [-0.1, -0.05) is 18.2 Å². The number of carbonyl (C=O) groups excluding carboxylic acids is 1. The Labute approximate surface area is 194 Å². The number of fused-ring (bicyclic) bond motifs is 2. The van der Waals surface area contributed by atoms with Crippen molar-refractivity contribution in [2.24, 2.45) is 4.99 Å². The van der Waals surface area contributed by atoms with E-state index in [0.717, 1.165) is 0 Å². The van der Waals surface area contributed by atoms with Crippen molar-refractivity contribution >= 4 is 28.4 Å². The first-order valence-electron chi connectivity index (χ1n) is 10.3. The number of allylic oxidation sites excluding steroid dienone is 1. The average Bonchev–Trinajstić information content (AvgIpc) is 3.17. The monoisotopic (exact) mass is 476 g/mol. The minimum absolute atomic E-state index is 0.123. The van der Waals surface area contributed by atoms with E-state index in [9.17, 15) is 9.18 Å². The normalized spacial score (nSPS) is 20.5. The smallest absolute Gasteiger partial charge is 0.306 e. The maximum atomic E-state index is 15.1. The van der Waals surface area contributed by atoms with Crippen LogP contribution in [0, 0.1) is 0 Å². The topological polar surface area (TPSA) is 59.9 Å². The molecule has 2 heterocycles. The zero-order chi connectivity index (χ0) is 24.0. The van der Waals surface area contributed by atoms with Crippen molar-refractivity contribution < 1.29 is 27.4 Å². The van der Waals surface area contributed by atoms with Crippen LogP contribution in [0.1, 0.15) is 43.0 Å². The van der Waals surface area contributed by atoms with Crippen molar-refractivity contribution in [2.45, 2.75) is 39.0 Å². The van der Waals surface area contributed by atoms with E-state index in [2.05, 4.69) is 10.3 Å². The van der Waals surface area contributed by atoms with Crippen molar-refractivity contribution in [2.75, 3.05) is 13.7 Å². The van der Waals surface area contributed by atoms with Crippen LogP contribution in [0.3, 0.4) is 0 Å². The van der Waals surface area contributed by atoms with Gasteiger partial charge < -0.3 is 14.8 Å². The summed E-state index contributed by atoms with van der Waals surface area (Å²) in [5.74, 6) is -3.20. The molecule has 1 N–H and O–H groups in total. The van der Waals surface area contributed by atoms with Gasteiger partial charge in [-0.05, 0) is 73.0 Å². The molecule has 174 valence electrons. The second kappa shape index (κ2) is 8.44. The number of nitrogens with one attached hydrogen (secondary N) is 1. The molecule has 0 unspecified atom stereocenters. The number of thioether (sulfide) groups is 1. The fraction of sp³-hybridized carbons (Fsp3) is 0.333. The predicted molar refractivity (Wildman–Crippen MR) is 122 cm³/mol. The highest BCUT2D eigenvalue weighted by molar-refractivity contribution is 8.18. The molecule has 2 aromatic carbocycles. The van der Waals surface area contributed by atoms with E-state index in [0.29, 0.717) is 27.0 Å². The quantitative estimate of drug-likeness (QED) is 0.579. The highest BCUT2D eigenvalue weighted by Gasteiger charge is 2.38. The van der Waals surface area contributed by atoms with Gasteiger partial charge in [-0.2, -0.15) is 8.78 Å². The lowest BCUT2D eigenvalue weighted by atomic mass is 9.93. The molecule has 1 fully saturated rings. The summed E-state index contributed by atoms with van der Waals surface area (Å²) in [5, 5.41) is 3.15. The molecule has 33 heavy (non-hydrogen) atoms. The van der Waals surface area contributed by atoms with E-state index >= 15 is 8.78 Å². The number of amides is 1. The molecule has 0 aliphatic carbocycles. The third-order valence-electron chi connectivity index (χ3n) is 5.53. The molecular formula is C24H23F3N2O3S. The molecule has 5 nitrogen and oxygen atoms in total. The summed E-state index contributed by atoms with van der Waals surface area (Å²) in [7, 11) is 1.58. The third kappa shape index (κ3) is 4.59. The summed E-state index contributed by atoms with van der Waals surface area (Å²) in [4.78, 5) is 16.7. The Kier molecular flexibility index (Phi) is 5.94. The predicted octanol–water partition coefficient (Wildman–Crippen LogP) is 5.53. The second-order valence-corrected chi connectivity index (χ2v) is 9.33. The van der Waals surface area contributed by atoms with Gasteiger partial charge in [-0.15, -0.1) is 0 Å². The Morgan fingerprint density at radius 1 is 1.15 bits per heavy atom. The van der Waals surface area contributed by atoms with E-state index in [1.165, 1.54) is 43.8 Å². The molecule has 1 amide bonds. The number of rotatable bonds is 2. The van der Waals surface area contributed by atoms with Gasteiger partial charge in [0, 0.05) is 12.6 Å². The molecule has 0 spiro atoms. The molecule has 0 bridgehead atoms. The van der Waals surface area contributed by atoms with Crippen molar-refractivity contribution in [1.29, 1.82) is 0 Å². The minimum atomic E-state index is -3.36. The summed E-state index contributed by atoms with van der Waals surface area (Å²) in [6, 6.07) is 9.09. The van der Waals surface area contributed by atoms with Crippen LogP contribution < -0.4 is 14.8 Å². The molecule has 0 atom stereocenters. The van der Waals surface area contributed by atoms with Crippen molar-refractivity contribution in [1.82, 2.24) is 5.32 Å². The number of alkyl halides is 3. The SMILES string of the molecule is CN=C1NC(=O)/C(=C(/C)c2ccc3c(c2)OCC(F)(F)c2cc(C(C)(C)F)ccc2CO3)S1. The number of aliphatic imine (C=N–C) groups is 1. The Hall–Kier alpha value is -2.94. The summed E-state index contributed by atoms with van der Waals surface area (Å²) >= 11 is 1.21. The lowest BCUT2D eigenvalue weighted by molar-refractivity contribution is -0.115. The van der Waals surface area contributed by atoms with Gasteiger partial charge in [0.25, 0.3) is 5.91 Å². The molecule has 4 rings (SSSR count).